The molecule has 34 heavy (non-hydrogen) atoms. The van der Waals surface area contributed by atoms with Crippen molar-refractivity contribution < 1.29 is 4.79 Å². The molecule has 0 aliphatic heterocycles. The van der Waals surface area contributed by atoms with Crippen LogP contribution in [-0.4, -0.2) is 22.5 Å². The molecule has 1 heterocycles. The van der Waals surface area contributed by atoms with Crippen LogP contribution in [0.15, 0.2) is 71.5 Å². The number of pyridine rings is 1. The summed E-state index contributed by atoms with van der Waals surface area (Å²) < 4.78 is 0. The molecule has 3 aromatic carbocycles. The number of rotatable bonds is 6. The van der Waals surface area contributed by atoms with Crippen LogP contribution in [0.1, 0.15) is 27.8 Å². The lowest BCUT2D eigenvalue weighted by atomic mass is 10.0. The number of benzene rings is 3. The highest BCUT2D eigenvalue weighted by Crippen LogP contribution is 2.23. The zero-order chi connectivity index (χ0) is 24.2. The number of hydrogen-bond acceptors (Lipinski definition) is 2. The number of hydrogen-bond donors (Lipinski definition) is 2. The van der Waals surface area contributed by atoms with E-state index in [2.05, 4.69) is 16.4 Å². The third kappa shape index (κ3) is 5.32. The summed E-state index contributed by atoms with van der Waals surface area (Å²) in [5, 5.41) is 4.35. The Kier molecular flexibility index (Phi) is 7.03. The molecule has 2 amide bonds. The van der Waals surface area contributed by atoms with Gasteiger partial charge in [-0.3, -0.25) is 4.79 Å². The number of H-pyrrole nitrogens is 1. The molecule has 0 spiro atoms. The van der Waals surface area contributed by atoms with Crippen LogP contribution in [0.2, 0.25) is 5.02 Å². The van der Waals surface area contributed by atoms with Crippen molar-refractivity contribution in [3.63, 3.8) is 0 Å². The first-order valence-corrected chi connectivity index (χ1v) is 11.7. The summed E-state index contributed by atoms with van der Waals surface area (Å²) in [6.45, 7) is 6.67. The molecule has 4 aromatic rings. The second kappa shape index (κ2) is 10.1. The van der Waals surface area contributed by atoms with Gasteiger partial charge in [-0.25, -0.2) is 4.79 Å². The van der Waals surface area contributed by atoms with Crippen molar-refractivity contribution in [3.05, 3.63) is 110 Å². The molecule has 0 unspecified atom stereocenters. The molecule has 0 fully saturated rings. The van der Waals surface area contributed by atoms with Crippen molar-refractivity contribution in [2.45, 2.75) is 33.7 Å². The Morgan fingerprint density at radius 2 is 1.74 bits per heavy atom. The van der Waals surface area contributed by atoms with Gasteiger partial charge in [0.1, 0.15) is 0 Å². The van der Waals surface area contributed by atoms with Gasteiger partial charge in [0.05, 0.1) is 22.8 Å². The fourth-order valence-electron chi connectivity index (χ4n) is 4.08. The summed E-state index contributed by atoms with van der Waals surface area (Å²) in [5.41, 5.74) is 6.11. The van der Waals surface area contributed by atoms with Crippen LogP contribution in [0.4, 0.5) is 10.5 Å². The number of carbonyl (C=O) groups is 1. The second-order valence-electron chi connectivity index (χ2n) is 8.68. The summed E-state index contributed by atoms with van der Waals surface area (Å²) in [6, 6.07) is 21.0. The van der Waals surface area contributed by atoms with Crippen LogP contribution in [-0.2, 0) is 13.0 Å². The third-order valence-corrected chi connectivity index (χ3v) is 6.37. The van der Waals surface area contributed by atoms with E-state index in [1.807, 2.05) is 69.3 Å². The van der Waals surface area contributed by atoms with Gasteiger partial charge in [0, 0.05) is 17.5 Å². The highest BCUT2D eigenvalue weighted by molar-refractivity contribution is 6.33. The lowest BCUT2D eigenvalue weighted by molar-refractivity contribution is 0.209. The van der Waals surface area contributed by atoms with Crippen LogP contribution in [0, 0.1) is 20.8 Å². The quantitative estimate of drug-likeness (QED) is 0.341. The highest BCUT2D eigenvalue weighted by Gasteiger charge is 2.18. The maximum atomic E-state index is 13.3. The molecule has 5 nitrogen and oxygen atoms in total. The van der Waals surface area contributed by atoms with E-state index < -0.39 is 0 Å². The average molecular weight is 474 g/mol. The molecule has 0 radical (unpaired) electrons. The molecule has 0 saturated carbocycles. The van der Waals surface area contributed by atoms with Gasteiger partial charge < -0.3 is 15.2 Å². The van der Waals surface area contributed by atoms with E-state index >= 15 is 0 Å². The number of amides is 2. The Hall–Kier alpha value is -3.57. The van der Waals surface area contributed by atoms with Gasteiger partial charge >= 0.3 is 6.03 Å². The SMILES string of the molecule is Cc1cccc(CCN(Cc2cc3c(C)ccc(C)c3[nH]c2=O)C(=O)Nc2ccccc2Cl)c1. The summed E-state index contributed by atoms with van der Waals surface area (Å²) in [4.78, 5) is 30.9. The number of aryl methyl sites for hydroxylation is 3. The number of aromatic nitrogens is 1. The third-order valence-electron chi connectivity index (χ3n) is 6.04. The van der Waals surface area contributed by atoms with E-state index in [1.54, 1.807) is 17.0 Å². The van der Waals surface area contributed by atoms with Gasteiger partial charge in [-0.05, 0) is 62.1 Å². The molecule has 0 saturated heterocycles. The normalized spacial score (nSPS) is 10.9. The summed E-state index contributed by atoms with van der Waals surface area (Å²) in [7, 11) is 0. The Labute approximate surface area is 204 Å². The number of urea groups is 1. The lowest BCUT2D eigenvalue weighted by Crippen LogP contribution is -2.37. The summed E-state index contributed by atoms with van der Waals surface area (Å²) >= 11 is 6.26. The zero-order valence-corrected chi connectivity index (χ0v) is 20.4. The molecule has 1 aromatic heterocycles. The summed E-state index contributed by atoms with van der Waals surface area (Å²) in [6.07, 6.45) is 0.668. The van der Waals surface area contributed by atoms with Gasteiger partial charge in [0.2, 0.25) is 0 Å². The van der Waals surface area contributed by atoms with E-state index in [9.17, 15) is 9.59 Å². The average Bonchev–Trinajstić information content (AvgIpc) is 2.81. The molecule has 6 heteroatoms. The van der Waals surface area contributed by atoms with Crippen LogP contribution < -0.4 is 10.9 Å². The van der Waals surface area contributed by atoms with E-state index in [4.69, 9.17) is 11.6 Å². The van der Waals surface area contributed by atoms with E-state index in [-0.39, 0.29) is 18.1 Å². The minimum atomic E-state index is -0.304. The number of carbonyl (C=O) groups excluding carboxylic acids is 1. The molecule has 0 aliphatic carbocycles. The predicted octanol–water partition coefficient (Wildman–Crippen LogP) is 6.38. The Balaban J connectivity index is 1.65. The molecule has 0 bridgehead atoms. The minimum absolute atomic E-state index is 0.181. The smallest absolute Gasteiger partial charge is 0.321 e. The predicted molar refractivity (Wildman–Crippen MR) is 140 cm³/mol. The fourth-order valence-corrected chi connectivity index (χ4v) is 4.27. The number of nitrogens with zero attached hydrogens (tertiary/aromatic N) is 1. The molecule has 4 rings (SSSR count). The molecular weight excluding hydrogens is 446 g/mol. The van der Waals surface area contributed by atoms with Crippen molar-refractivity contribution in [2.24, 2.45) is 0 Å². The van der Waals surface area contributed by atoms with Crippen molar-refractivity contribution in [1.82, 2.24) is 9.88 Å². The fraction of sp³-hybridized carbons (Fsp3) is 0.214. The molecular formula is C28H28ClN3O2. The zero-order valence-electron chi connectivity index (χ0n) is 19.6. The van der Waals surface area contributed by atoms with Gasteiger partial charge in [0.15, 0.2) is 0 Å². The van der Waals surface area contributed by atoms with Gasteiger partial charge in [-0.2, -0.15) is 0 Å². The van der Waals surface area contributed by atoms with Crippen molar-refractivity contribution >= 4 is 34.2 Å². The largest absolute Gasteiger partial charge is 0.322 e. The van der Waals surface area contributed by atoms with Crippen molar-refractivity contribution in [1.29, 1.82) is 0 Å². The molecule has 0 aliphatic rings. The summed E-state index contributed by atoms with van der Waals surface area (Å²) in [5.74, 6) is 0. The topological polar surface area (TPSA) is 65.2 Å². The Morgan fingerprint density at radius 1 is 0.971 bits per heavy atom. The maximum absolute atomic E-state index is 13.3. The molecule has 2 N–H and O–H groups in total. The van der Waals surface area contributed by atoms with E-state index in [1.165, 1.54) is 5.56 Å². The Morgan fingerprint density at radius 3 is 2.50 bits per heavy atom. The van der Waals surface area contributed by atoms with Gasteiger partial charge in [-0.15, -0.1) is 0 Å². The van der Waals surface area contributed by atoms with Crippen LogP contribution in [0.5, 0.6) is 0 Å². The second-order valence-corrected chi connectivity index (χ2v) is 9.09. The van der Waals surface area contributed by atoms with E-state index in [0.717, 1.165) is 27.6 Å². The van der Waals surface area contributed by atoms with Crippen molar-refractivity contribution in [3.8, 4) is 0 Å². The molecule has 174 valence electrons. The first-order chi connectivity index (χ1) is 16.3. The van der Waals surface area contributed by atoms with Crippen LogP contribution >= 0.6 is 11.6 Å². The molecule has 0 atom stereocenters. The Bertz CT molecular complexity index is 1410. The van der Waals surface area contributed by atoms with Gasteiger partial charge in [-0.1, -0.05) is 65.7 Å². The standard InChI is InChI=1S/C28H28ClN3O2/c1-18-7-6-8-21(15-18)13-14-32(28(34)30-25-10-5-4-9-24(25)29)17-22-16-23-19(2)11-12-20(3)26(23)31-27(22)33/h4-12,15-16H,13-14,17H2,1-3H3,(H,30,34)(H,31,33). The number of aromatic amines is 1. The van der Waals surface area contributed by atoms with Gasteiger partial charge in [0.25, 0.3) is 5.56 Å². The van der Waals surface area contributed by atoms with E-state index in [0.29, 0.717) is 29.2 Å². The number of nitrogens with one attached hydrogen (secondary N) is 2. The maximum Gasteiger partial charge on any atom is 0.322 e. The van der Waals surface area contributed by atoms with Crippen molar-refractivity contribution in [2.75, 3.05) is 11.9 Å². The number of para-hydroxylation sites is 1. The highest BCUT2D eigenvalue weighted by atomic mass is 35.5. The number of halogens is 1. The first-order valence-electron chi connectivity index (χ1n) is 11.3. The number of anilines is 1. The first kappa shape index (κ1) is 23.6. The minimum Gasteiger partial charge on any atom is -0.321 e. The lowest BCUT2D eigenvalue weighted by Gasteiger charge is -2.24. The van der Waals surface area contributed by atoms with Crippen LogP contribution in [0.25, 0.3) is 10.9 Å². The number of fused-ring (bicyclic) bond motifs is 1. The van der Waals surface area contributed by atoms with Crippen LogP contribution in [0.3, 0.4) is 0 Å². The monoisotopic (exact) mass is 473 g/mol.